The van der Waals surface area contributed by atoms with Crippen molar-refractivity contribution < 1.29 is 33.6 Å². The van der Waals surface area contributed by atoms with Crippen LogP contribution in [0.15, 0.2) is 109 Å². The standard InChI is InChI=1S/C20H23NO3.C19H21NO4/c1-2-16-8-10-17(11-9-16)23-15-20(22)21-13-12-19(14-21)24-18-6-4-3-5-7-18;21-13-15-6-8-16(9-7-15)23-14-19(22)20-11-10-18(12-20)24-17-4-2-1-3-5-17/h3-11,19H,2,12-15H2,1H3;1-9,18,21H,10-14H2/t19-;18-/m00/s1. The molecule has 0 spiro atoms. The smallest absolute Gasteiger partial charge is 0.260 e. The molecule has 0 unspecified atom stereocenters. The molecule has 252 valence electrons. The van der Waals surface area contributed by atoms with Gasteiger partial charge in [0.25, 0.3) is 11.8 Å². The minimum atomic E-state index is -0.0413. The third-order valence-electron chi connectivity index (χ3n) is 8.25. The van der Waals surface area contributed by atoms with Crippen molar-refractivity contribution >= 4 is 11.8 Å². The average Bonchev–Trinajstić information content (AvgIpc) is 3.81. The van der Waals surface area contributed by atoms with Gasteiger partial charge in [0.2, 0.25) is 0 Å². The normalized spacial score (nSPS) is 16.9. The number of aliphatic hydroxyl groups excluding tert-OH is 1. The summed E-state index contributed by atoms with van der Waals surface area (Å²) in [5, 5.41) is 9.01. The van der Waals surface area contributed by atoms with Crippen molar-refractivity contribution in [2.45, 2.75) is 45.0 Å². The number of carbonyl (C=O) groups is 2. The van der Waals surface area contributed by atoms with E-state index in [1.165, 1.54) is 5.56 Å². The number of para-hydroxylation sites is 2. The Morgan fingerprint density at radius 3 is 1.42 bits per heavy atom. The molecule has 9 heteroatoms. The third-order valence-corrected chi connectivity index (χ3v) is 8.25. The Morgan fingerprint density at radius 2 is 1.02 bits per heavy atom. The number of hydrogen-bond donors (Lipinski definition) is 1. The molecule has 48 heavy (non-hydrogen) atoms. The zero-order valence-electron chi connectivity index (χ0n) is 27.4. The van der Waals surface area contributed by atoms with E-state index in [2.05, 4.69) is 6.92 Å². The number of hydrogen-bond acceptors (Lipinski definition) is 7. The van der Waals surface area contributed by atoms with Crippen LogP contribution in [0.4, 0.5) is 0 Å². The SMILES string of the molecule is CCc1ccc(OCC(=O)N2CC[C@H](Oc3ccccc3)C2)cc1.O=C(COc1ccc(CO)cc1)N1CC[C@H](Oc2ccccc2)C1. The molecule has 1 N–H and O–H groups in total. The van der Waals surface area contributed by atoms with Gasteiger partial charge in [-0.15, -0.1) is 0 Å². The summed E-state index contributed by atoms with van der Waals surface area (Å²) in [4.78, 5) is 28.1. The number of rotatable bonds is 12. The van der Waals surface area contributed by atoms with E-state index >= 15 is 0 Å². The first kappa shape index (κ1) is 34.3. The lowest BCUT2D eigenvalue weighted by molar-refractivity contribution is -0.133. The largest absolute Gasteiger partial charge is 0.489 e. The fourth-order valence-electron chi connectivity index (χ4n) is 5.47. The molecule has 2 heterocycles. The molecule has 4 aromatic carbocycles. The van der Waals surface area contributed by atoms with E-state index in [0.29, 0.717) is 31.9 Å². The highest BCUT2D eigenvalue weighted by Crippen LogP contribution is 2.20. The zero-order chi connectivity index (χ0) is 33.6. The molecular formula is C39H44N2O7. The van der Waals surface area contributed by atoms with Gasteiger partial charge in [-0.05, 0) is 66.1 Å². The van der Waals surface area contributed by atoms with Crippen LogP contribution >= 0.6 is 0 Å². The Hall–Kier alpha value is -5.02. The molecule has 0 aromatic heterocycles. The summed E-state index contributed by atoms with van der Waals surface area (Å²) in [6.07, 6.45) is 2.76. The fourth-order valence-corrected chi connectivity index (χ4v) is 5.47. The van der Waals surface area contributed by atoms with Crippen molar-refractivity contribution in [3.05, 3.63) is 120 Å². The maximum Gasteiger partial charge on any atom is 0.260 e. The first-order valence-electron chi connectivity index (χ1n) is 16.5. The van der Waals surface area contributed by atoms with Gasteiger partial charge in [0.1, 0.15) is 35.2 Å². The molecule has 2 aliphatic rings. The van der Waals surface area contributed by atoms with Gasteiger partial charge in [0.05, 0.1) is 19.7 Å². The van der Waals surface area contributed by atoms with Gasteiger partial charge >= 0.3 is 0 Å². The predicted molar refractivity (Wildman–Crippen MR) is 183 cm³/mol. The maximum atomic E-state index is 12.3. The molecule has 6 rings (SSSR count). The summed E-state index contributed by atoms with van der Waals surface area (Å²) in [5.74, 6) is 3.00. The van der Waals surface area contributed by atoms with Gasteiger partial charge in [0.15, 0.2) is 13.2 Å². The van der Waals surface area contributed by atoms with E-state index < -0.39 is 0 Å². The molecule has 0 aliphatic carbocycles. The number of nitrogens with zero attached hydrogens (tertiary/aromatic N) is 2. The summed E-state index contributed by atoms with van der Waals surface area (Å²) in [7, 11) is 0. The molecule has 0 bridgehead atoms. The molecule has 0 radical (unpaired) electrons. The van der Waals surface area contributed by atoms with Crippen molar-refractivity contribution in [3.63, 3.8) is 0 Å². The molecule has 2 aliphatic heterocycles. The molecular weight excluding hydrogens is 608 g/mol. The lowest BCUT2D eigenvalue weighted by Crippen LogP contribution is -2.34. The number of ether oxygens (including phenoxy) is 4. The lowest BCUT2D eigenvalue weighted by Gasteiger charge is -2.17. The Morgan fingerprint density at radius 1 is 0.604 bits per heavy atom. The Labute approximate surface area is 282 Å². The van der Waals surface area contributed by atoms with Gasteiger partial charge in [0, 0.05) is 25.9 Å². The van der Waals surface area contributed by atoms with Crippen LogP contribution in [-0.2, 0) is 22.6 Å². The molecule has 4 aromatic rings. The van der Waals surface area contributed by atoms with Gasteiger partial charge in [-0.3, -0.25) is 9.59 Å². The monoisotopic (exact) mass is 652 g/mol. The van der Waals surface area contributed by atoms with Crippen molar-refractivity contribution in [1.29, 1.82) is 0 Å². The number of benzene rings is 4. The second kappa shape index (κ2) is 17.8. The van der Waals surface area contributed by atoms with Crippen molar-refractivity contribution in [1.82, 2.24) is 9.80 Å². The van der Waals surface area contributed by atoms with Crippen molar-refractivity contribution in [3.8, 4) is 23.0 Å². The first-order chi connectivity index (χ1) is 23.5. The van der Waals surface area contributed by atoms with Crippen LogP contribution < -0.4 is 18.9 Å². The molecule has 0 saturated carbocycles. The van der Waals surface area contributed by atoms with Crippen LogP contribution in [0.1, 0.15) is 30.9 Å². The molecule has 2 saturated heterocycles. The highest BCUT2D eigenvalue weighted by Gasteiger charge is 2.29. The van der Waals surface area contributed by atoms with Gasteiger partial charge in [-0.2, -0.15) is 0 Å². The number of aryl methyl sites for hydroxylation is 1. The first-order valence-corrected chi connectivity index (χ1v) is 16.5. The molecule has 2 atom stereocenters. The Balaban J connectivity index is 0.000000188. The van der Waals surface area contributed by atoms with E-state index in [0.717, 1.165) is 42.1 Å². The summed E-state index contributed by atoms with van der Waals surface area (Å²) >= 11 is 0. The average molecular weight is 653 g/mol. The quantitative estimate of drug-likeness (QED) is 0.215. The summed E-state index contributed by atoms with van der Waals surface area (Å²) < 4.78 is 22.9. The summed E-state index contributed by atoms with van der Waals surface area (Å²) in [6.45, 7) is 4.79. The van der Waals surface area contributed by atoms with Crippen LogP contribution in [0.25, 0.3) is 0 Å². The van der Waals surface area contributed by atoms with Gasteiger partial charge in [-0.25, -0.2) is 0 Å². The Bertz CT molecular complexity index is 1430. The topological polar surface area (TPSA) is 97.8 Å². The zero-order valence-corrected chi connectivity index (χ0v) is 27.4. The highest BCUT2D eigenvalue weighted by molar-refractivity contribution is 5.78. The van der Waals surface area contributed by atoms with Crippen molar-refractivity contribution in [2.24, 2.45) is 0 Å². The summed E-state index contributed by atoms with van der Waals surface area (Å²) in [5.41, 5.74) is 2.07. The number of amides is 2. The minimum Gasteiger partial charge on any atom is -0.489 e. The van der Waals surface area contributed by atoms with Crippen LogP contribution in [0.2, 0.25) is 0 Å². The van der Waals surface area contributed by atoms with Gasteiger partial charge < -0.3 is 33.9 Å². The van der Waals surface area contributed by atoms with E-state index in [1.54, 1.807) is 29.2 Å². The fraction of sp³-hybridized carbons (Fsp3) is 0.333. The van der Waals surface area contributed by atoms with E-state index in [1.807, 2.05) is 89.8 Å². The summed E-state index contributed by atoms with van der Waals surface area (Å²) in [6, 6.07) is 34.3. The number of aliphatic hydroxyl groups is 1. The van der Waals surface area contributed by atoms with E-state index in [9.17, 15) is 9.59 Å². The number of carbonyl (C=O) groups excluding carboxylic acids is 2. The van der Waals surface area contributed by atoms with Crippen molar-refractivity contribution in [2.75, 3.05) is 39.4 Å². The van der Waals surface area contributed by atoms with E-state index in [4.69, 9.17) is 24.1 Å². The second-order valence-corrected chi connectivity index (χ2v) is 11.7. The predicted octanol–water partition coefficient (Wildman–Crippen LogP) is 5.55. The second-order valence-electron chi connectivity index (χ2n) is 11.7. The van der Waals surface area contributed by atoms with Crippen LogP contribution in [-0.4, -0.2) is 78.3 Å². The number of likely N-dealkylation sites (tertiary alicyclic amines) is 2. The molecule has 2 fully saturated rings. The molecule has 2 amide bonds. The van der Waals surface area contributed by atoms with Crippen LogP contribution in [0.3, 0.4) is 0 Å². The lowest BCUT2D eigenvalue weighted by atomic mass is 10.2. The maximum absolute atomic E-state index is 12.3. The highest BCUT2D eigenvalue weighted by atomic mass is 16.5. The Kier molecular flexibility index (Phi) is 12.7. The van der Waals surface area contributed by atoms with E-state index in [-0.39, 0.29) is 43.8 Å². The van der Waals surface area contributed by atoms with Crippen LogP contribution in [0, 0.1) is 0 Å². The third kappa shape index (κ3) is 10.5. The minimum absolute atomic E-state index is 0.00418. The van der Waals surface area contributed by atoms with Crippen LogP contribution in [0.5, 0.6) is 23.0 Å². The molecule has 9 nitrogen and oxygen atoms in total. The van der Waals surface area contributed by atoms with Gasteiger partial charge in [-0.1, -0.05) is 67.6 Å².